The number of carbonyl (C=O) groups excluding carboxylic acids is 2. The molecule has 2 fully saturated rings. The number of rotatable bonds is 4. The first-order valence-electron chi connectivity index (χ1n) is 14.2. The normalized spacial score (nSPS) is 25.4. The van der Waals surface area contributed by atoms with E-state index in [0.29, 0.717) is 46.4 Å². The Morgan fingerprint density at radius 1 is 1.19 bits per heavy atom. The number of aromatic nitrogens is 2. The zero-order valence-corrected chi connectivity index (χ0v) is 24.5. The molecule has 4 aromatic rings. The summed E-state index contributed by atoms with van der Waals surface area (Å²) in [7, 11) is 1.36. The van der Waals surface area contributed by atoms with Crippen molar-refractivity contribution >= 4 is 51.8 Å². The number of carbonyl (C=O) groups is 2. The number of esters is 1. The number of anilines is 1. The predicted molar refractivity (Wildman–Crippen MR) is 164 cm³/mol. The van der Waals surface area contributed by atoms with Gasteiger partial charge in [-0.1, -0.05) is 48.8 Å². The maximum absolute atomic E-state index is 16.2. The van der Waals surface area contributed by atoms with Gasteiger partial charge in [0.15, 0.2) is 0 Å². The zero-order chi connectivity index (χ0) is 29.1. The molecule has 4 atom stereocenters. The standard InChI is InChI=1S/C32H27Cl2FN4O3.CH4/c1-15-18(30(40)42-2)9-11-23-28(15)37-29-25-24(14-38(23)29)39(13-16-6-7-16)32(26(25)19-4-3-5-21(34)27(19)35)20-10-8-17(33)12-22(20)36-31(32)41;/h3-5,8-12,16,24-26H,6-7,13-14H2,1-2H3,(H,36,41);1H4/t24-,25+,26-,32+;/m0./s1. The number of hydrogen-bond acceptors (Lipinski definition) is 5. The van der Waals surface area contributed by atoms with Gasteiger partial charge in [-0.3, -0.25) is 9.69 Å². The number of nitrogens with zero attached hydrogens (tertiary/aromatic N) is 3. The van der Waals surface area contributed by atoms with E-state index < -0.39 is 23.2 Å². The van der Waals surface area contributed by atoms with Crippen molar-refractivity contribution in [2.75, 3.05) is 19.0 Å². The van der Waals surface area contributed by atoms with E-state index in [2.05, 4.69) is 14.8 Å². The zero-order valence-electron chi connectivity index (χ0n) is 23.0. The number of nitrogens with one attached hydrogen (secondary N) is 1. The third-order valence-electron chi connectivity index (χ3n) is 9.81. The maximum atomic E-state index is 16.2. The molecule has 1 amide bonds. The average Bonchev–Trinajstić information content (AvgIpc) is 3.40. The van der Waals surface area contributed by atoms with Crippen LogP contribution in [-0.2, 0) is 21.6 Å². The minimum absolute atomic E-state index is 0. The number of hydrogen-bond donors (Lipinski definition) is 1. The molecule has 1 aliphatic carbocycles. The van der Waals surface area contributed by atoms with Crippen LogP contribution >= 0.6 is 23.2 Å². The maximum Gasteiger partial charge on any atom is 0.338 e. The minimum atomic E-state index is -1.18. The van der Waals surface area contributed by atoms with Crippen LogP contribution in [0.4, 0.5) is 10.1 Å². The highest BCUT2D eigenvalue weighted by Gasteiger charge is 2.70. The summed E-state index contributed by atoms with van der Waals surface area (Å²) in [6.07, 6.45) is 2.19. The van der Waals surface area contributed by atoms with Crippen molar-refractivity contribution in [1.29, 1.82) is 0 Å². The summed E-state index contributed by atoms with van der Waals surface area (Å²) in [5.41, 5.74) is 3.43. The van der Waals surface area contributed by atoms with Crippen LogP contribution in [-0.4, -0.2) is 46.0 Å². The summed E-state index contributed by atoms with van der Waals surface area (Å²) in [6, 6.07) is 14.1. The number of ether oxygens (including phenoxy) is 1. The van der Waals surface area contributed by atoms with Crippen LogP contribution in [0.25, 0.3) is 11.0 Å². The van der Waals surface area contributed by atoms with Gasteiger partial charge < -0.3 is 14.6 Å². The molecule has 8 rings (SSSR count). The monoisotopic (exact) mass is 620 g/mol. The van der Waals surface area contributed by atoms with Crippen molar-refractivity contribution in [2.24, 2.45) is 5.92 Å². The van der Waals surface area contributed by atoms with Crippen molar-refractivity contribution in [2.45, 2.75) is 57.2 Å². The van der Waals surface area contributed by atoms with Crippen molar-refractivity contribution in [3.63, 3.8) is 0 Å². The Morgan fingerprint density at radius 3 is 2.72 bits per heavy atom. The lowest BCUT2D eigenvalue weighted by molar-refractivity contribution is -0.128. The molecule has 0 radical (unpaired) electrons. The van der Waals surface area contributed by atoms with Gasteiger partial charge in [-0.05, 0) is 67.1 Å². The lowest BCUT2D eigenvalue weighted by atomic mass is 9.71. The molecule has 3 aliphatic heterocycles. The second kappa shape index (κ2) is 9.78. The van der Waals surface area contributed by atoms with E-state index in [-0.39, 0.29) is 30.3 Å². The molecule has 7 nitrogen and oxygen atoms in total. The van der Waals surface area contributed by atoms with Gasteiger partial charge in [0.2, 0.25) is 5.91 Å². The second-order valence-electron chi connectivity index (χ2n) is 11.9. The number of likely N-dealkylation sites (tertiary alicyclic amines) is 1. The van der Waals surface area contributed by atoms with Crippen molar-refractivity contribution in [3.05, 3.63) is 92.5 Å². The Labute approximate surface area is 258 Å². The summed E-state index contributed by atoms with van der Waals surface area (Å²) >= 11 is 12.8. The summed E-state index contributed by atoms with van der Waals surface area (Å²) < 4.78 is 23.3. The van der Waals surface area contributed by atoms with Gasteiger partial charge in [0, 0.05) is 47.2 Å². The summed E-state index contributed by atoms with van der Waals surface area (Å²) in [6.45, 7) is 3.16. The van der Waals surface area contributed by atoms with Gasteiger partial charge in [-0.25, -0.2) is 14.2 Å². The average molecular weight is 622 g/mol. The van der Waals surface area contributed by atoms with Crippen molar-refractivity contribution < 1.29 is 18.7 Å². The van der Waals surface area contributed by atoms with Crippen LogP contribution in [0.15, 0.2) is 48.5 Å². The molecule has 1 aromatic heterocycles. The Hall–Kier alpha value is -3.46. The molecule has 0 bridgehead atoms. The Morgan fingerprint density at radius 2 is 1.98 bits per heavy atom. The second-order valence-corrected chi connectivity index (χ2v) is 12.7. The van der Waals surface area contributed by atoms with E-state index >= 15 is 4.39 Å². The summed E-state index contributed by atoms with van der Waals surface area (Å²) in [5, 5.41) is 3.63. The first-order valence-corrected chi connectivity index (χ1v) is 14.9. The molecule has 4 heterocycles. The molecule has 1 N–H and O–H groups in total. The fourth-order valence-electron chi connectivity index (χ4n) is 7.88. The topological polar surface area (TPSA) is 76.5 Å². The van der Waals surface area contributed by atoms with E-state index in [9.17, 15) is 9.59 Å². The SMILES string of the molecule is C.COC(=O)c1ccc2c(nc3n2C[C@H]2[C@@H]3[C@H](c3cccc(Cl)c3F)[C@]3(C(=O)Nc4cc(Cl)ccc43)N2CC2CC2)c1C. The Balaban J connectivity index is 0.00000300. The van der Waals surface area contributed by atoms with Crippen LogP contribution in [0.3, 0.4) is 0 Å². The van der Waals surface area contributed by atoms with Crippen LogP contribution < -0.4 is 5.32 Å². The van der Waals surface area contributed by atoms with Gasteiger partial charge >= 0.3 is 5.97 Å². The molecule has 3 aromatic carbocycles. The number of halogens is 3. The fraction of sp³-hybridized carbons (Fsp3) is 0.364. The van der Waals surface area contributed by atoms with Gasteiger partial charge in [-0.15, -0.1) is 0 Å². The largest absolute Gasteiger partial charge is 0.465 e. The van der Waals surface area contributed by atoms with E-state index in [1.54, 1.807) is 30.3 Å². The highest BCUT2D eigenvalue weighted by atomic mass is 35.5. The van der Waals surface area contributed by atoms with Gasteiger partial charge in [0.1, 0.15) is 17.2 Å². The lowest BCUT2D eigenvalue weighted by Gasteiger charge is -2.40. The van der Waals surface area contributed by atoms with Gasteiger partial charge in [-0.2, -0.15) is 0 Å². The Bertz CT molecular complexity index is 1850. The van der Waals surface area contributed by atoms with Gasteiger partial charge in [0.25, 0.3) is 0 Å². The Kier molecular flexibility index (Phi) is 6.44. The molecule has 43 heavy (non-hydrogen) atoms. The highest BCUT2D eigenvalue weighted by molar-refractivity contribution is 6.31. The molecule has 1 saturated carbocycles. The fourth-order valence-corrected chi connectivity index (χ4v) is 8.23. The van der Waals surface area contributed by atoms with Crippen LogP contribution in [0.1, 0.15) is 65.0 Å². The number of benzene rings is 3. The van der Waals surface area contributed by atoms with Crippen molar-refractivity contribution in [3.8, 4) is 0 Å². The molecule has 1 spiro atoms. The molecular formula is C33H31Cl2FN4O3. The molecule has 4 aliphatic rings. The third-order valence-corrected chi connectivity index (χ3v) is 10.3. The highest BCUT2D eigenvalue weighted by Crippen LogP contribution is 2.65. The molecule has 10 heteroatoms. The number of amides is 1. The van der Waals surface area contributed by atoms with Crippen molar-refractivity contribution in [1.82, 2.24) is 14.5 Å². The predicted octanol–water partition coefficient (Wildman–Crippen LogP) is 7.04. The van der Waals surface area contributed by atoms with E-state index in [4.69, 9.17) is 32.9 Å². The number of imidazole rings is 1. The lowest BCUT2D eigenvalue weighted by Crippen LogP contribution is -2.53. The number of aryl methyl sites for hydroxylation is 1. The van der Waals surface area contributed by atoms with Crippen LogP contribution in [0, 0.1) is 18.7 Å². The quantitative estimate of drug-likeness (QED) is 0.248. The first kappa shape index (κ1) is 28.3. The summed E-state index contributed by atoms with van der Waals surface area (Å²) in [4.78, 5) is 34.4. The van der Waals surface area contributed by atoms with E-state index in [1.165, 1.54) is 13.2 Å². The molecule has 0 unspecified atom stereocenters. The first-order chi connectivity index (χ1) is 20.2. The van der Waals surface area contributed by atoms with Crippen LogP contribution in [0.2, 0.25) is 10.0 Å². The minimum Gasteiger partial charge on any atom is -0.465 e. The number of methoxy groups -OCH3 is 1. The molecular weight excluding hydrogens is 590 g/mol. The number of fused-ring (bicyclic) bond motifs is 7. The van der Waals surface area contributed by atoms with Gasteiger partial charge in [0.05, 0.1) is 28.7 Å². The van der Waals surface area contributed by atoms with Crippen LogP contribution in [0.5, 0.6) is 0 Å². The van der Waals surface area contributed by atoms with E-state index in [1.807, 2.05) is 19.1 Å². The smallest absolute Gasteiger partial charge is 0.338 e. The summed E-state index contributed by atoms with van der Waals surface area (Å²) in [5.74, 6) is -0.844. The molecule has 1 saturated heterocycles. The van der Waals surface area contributed by atoms with E-state index in [0.717, 1.165) is 35.3 Å². The molecule has 222 valence electrons. The third kappa shape index (κ3) is 3.72.